The molecule has 0 aromatic heterocycles. The maximum Gasteiger partial charge on any atom is 0.573 e. The van der Waals surface area contributed by atoms with Crippen molar-refractivity contribution in [3.8, 4) is 5.75 Å². The molecule has 0 aliphatic rings. The van der Waals surface area contributed by atoms with Crippen LogP contribution in [0.5, 0.6) is 5.75 Å². The molecular formula is C16H15F3N2O5S. The Morgan fingerprint density at radius 3 is 2.22 bits per heavy atom. The molecule has 0 unspecified atom stereocenters. The van der Waals surface area contributed by atoms with Crippen LogP contribution >= 0.6 is 0 Å². The average molecular weight is 404 g/mol. The van der Waals surface area contributed by atoms with Crippen LogP contribution in [0.1, 0.15) is 18.5 Å². The molecular weight excluding hydrogens is 389 g/mol. The zero-order valence-corrected chi connectivity index (χ0v) is 15.0. The van der Waals surface area contributed by atoms with E-state index >= 15 is 0 Å². The average Bonchev–Trinajstić information content (AvgIpc) is 2.53. The van der Waals surface area contributed by atoms with Gasteiger partial charge in [0.15, 0.2) is 9.84 Å². The molecule has 1 atom stereocenters. The molecule has 27 heavy (non-hydrogen) atoms. The summed E-state index contributed by atoms with van der Waals surface area (Å²) in [5.74, 6) is -0.367. The van der Waals surface area contributed by atoms with Gasteiger partial charge in [-0.25, -0.2) is 8.42 Å². The highest BCUT2D eigenvalue weighted by Gasteiger charge is 2.31. The lowest BCUT2D eigenvalue weighted by Gasteiger charge is -2.17. The van der Waals surface area contributed by atoms with Crippen molar-refractivity contribution in [2.75, 3.05) is 11.6 Å². The molecule has 0 fully saturated rings. The summed E-state index contributed by atoms with van der Waals surface area (Å²) in [7, 11) is -3.83. The van der Waals surface area contributed by atoms with E-state index in [9.17, 15) is 31.7 Å². The molecule has 0 bridgehead atoms. The number of nitro groups is 1. The number of sulfone groups is 1. The molecule has 0 spiro atoms. The lowest BCUT2D eigenvalue weighted by Crippen LogP contribution is -2.17. The summed E-state index contributed by atoms with van der Waals surface area (Å²) in [5.41, 5.74) is 0.372. The van der Waals surface area contributed by atoms with Gasteiger partial charge in [-0.15, -0.1) is 13.2 Å². The van der Waals surface area contributed by atoms with E-state index in [1.165, 1.54) is 18.2 Å². The van der Waals surface area contributed by atoms with Crippen LogP contribution in [0.15, 0.2) is 47.4 Å². The number of anilines is 1. The van der Waals surface area contributed by atoms with E-state index in [-0.39, 0.29) is 5.75 Å². The molecule has 2 aromatic carbocycles. The minimum atomic E-state index is -4.79. The first-order valence-electron chi connectivity index (χ1n) is 7.47. The number of halogens is 3. The predicted molar refractivity (Wildman–Crippen MR) is 91.4 cm³/mol. The number of rotatable bonds is 6. The van der Waals surface area contributed by atoms with Crippen molar-refractivity contribution >= 4 is 21.2 Å². The Morgan fingerprint density at radius 2 is 1.74 bits per heavy atom. The van der Waals surface area contributed by atoms with Crippen molar-refractivity contribution in [2.45, 2.75) is 24.2 Å². The Kier molecular flexibility index (Phi) is 5.64. The van der Waals surface area contributed by atoms with Gasteiger partial charge >= 0.3 is 6.36 Å². The summed E-state index contributed by atoms with van der Waals surface area (Å²) in [4.78, 5) is 9.76. The molecule has 1 N–H and O–H groups in total. The van der Waals surface area contributed by atoms with Gasteiger partial charge in [0, 0.05) is 24.1 Å². The lowest BCUT2D eigenvalue weighted by atomic mass is 10.1. The molecule has 0 saturated heterocycles. The minimum Gasteiger partial charge on any atom is -0.406 e. The van der Waals surface area contributed by atoms with Crippen LogP contribution in [0.25, 0.3) is 0 Å². The summed E-state index contributed by atoms with van der Waals surface area (Å²) >= 11 is 0. The Hall–Kier alpha value is -2.82. The molecule has 0 aliphatic heterocycles. The third-order valence-electron chi connectivity index (χ3n) is 3.55. The highest BCUT2D eigenvalue weighted by molar-refractivity contribution is 7.90. The number of hydrogen-bond acceptors (Lipinski definition) is 6. The fourth-order valence-corrected chi connectivity index (χ4v) is 3.21. The number of nitrogens with one attached hydrogen (secondary N) is 1. The Labute approximate surface area is 152 Å². The first-order chi connectivity index (χ1) is 12.4. The standard InChI is InChI=1S/C16H15F3N2O5S/c1-10(11-3-6-13(7-4-11)26-16(17,18)19)20-12-5-8-14(21(22)23)15(9-12)27(2,24)25/h3-10,20H,1-2H3/t10-/m0/s1. The van der Waals surface area contributed by atoms with Crippen LogP contribution < -0.4 is 10.1 Å². The zero-order chi connectivity index (χ0) is 20.4. The van der Waals surface area contributed by atoms with Gasteiger partial charge in [-0.05, 0) is 36.8 Å². The molecule has 2 aromatic rings. The predicted octanol–water partition coefficient (Wildman–Crippen LogP) is 4.07. The quantitative estimate of drug-likeness (QED) is 0.576. The summed E-state index contributed by atoms with van der Waals surface area (Å²) in [6, 6.07) is 8.29. The van der Waals surface area contributed by atoms with Gasteiger partial charge in [0.2, 0.25) is 0 Å². The van der Waals surface area contributed by atoms with E-state index in [2.05, 4.69) is 10.1 Å². The van der Waals surface area contributed by atoms with Crippen LogP contribution in [0.3, 0.4) is 0 Å². The number of ether oxygens (including phenoxy) is 1. The molecule has 0 radical (unpaired) electrons. The van der Waals surface area contributed by atoms with Crippen LogP contribution in [0.4, 0.5) is 24.5 Å². The first-order valence-corrected chi connectivity index (χ1v) is 9.37. The second-order valence-corrected chi connectivity index (χ2v) is 7.68. The van der Waals surface area contributed by atoms with Gasteiger partial charge in [-0.1, -0.05) is 12.1 Å². The molecule has 11 heteroatoms. The van der Waals surface area contributed by atoms with Crippen LogP contribution in [-0.4, -0.2) is 26.0 Å². The van der Waals surface area contributed by atoms with E-state index in [4.69, 9.17) is 0 Å². The normalized spacial score (nSPS) is 13.1. The largest absolute Gasteiger partial charge is 0.573 e. The molecule has 0 amide bonds. The minimum absolute atomic E-state index is 0.309. The van der Waals surface area contributed by atoms with E-state index in [1.807, 2.05) is 0 Å². The van der Waals surface area contributed by atoms with Crippen molar-refractivity contribution in [3.05, 3.63) is 58.1 Å². The number of hydrogen-bond donors (Lipinski definition) is 1. The van der Waals surface area contributed by atoms with Gasteiger partial charge in [0.1, 0.15) is 10.6 Å². The molecule has 0 heterocycles. The zero-order valence-electron chi connectivity index (χ0n) is 14.1. The molecule has 0 aliphatic carbocycles. The maximum atomic E-state index is 12.2. The summed E-state index contributed by atoms with van der Waals surface area (Å²) in [6.45, 7) is 1.70. The highest BCUT2D eigenvalue weighted by atomic mass is 32.2. The highest BCUT2D eigenvalue weighted by Crippen LogP contribution is 2.30. The number of benzene rings is 2. The van der Waals surface area contributed by atoms with Crippen LogP contribution in [0, 0.1) is 10.1 Å². The number of nitro benzene ring substituents is 1. The van der Waals surface area contributed by atoms with Crippen molar-refractivity contribution in [2.24, 2.45) is 0 Å². The molecule has 0 saturated carbocycles. The van der Waals surface area contributed by atoms with Gasteiger partial charge in [0.25, 0.3) is 5.69 Å². The summed E-state index contributed by atoms with van der Waals surface area (Å²) < 4.78 is 63.9. The fourth-order valence-electron chi connectivity index (χ4n) is 2.34. The van der Waals surface area contributed by atoms with Gasteiger partial charge in [-0.3, -0.25) is 10.1 Å². The van der Waals surface area contributed by atoms with Crippen LogP contribution in [0.2, 0.25) is 0 Å². The van der Waals surface area contributed by atoms with Crippen LogP contribution in [-0.2, 0) is 9.84 Å². The van der Waals surface area contributed by atoms with Crippen molar-refractivity contribution in [1.29, 1.82) is 0 Å². The number of nitrogens with zero attached hydrogens (tertiary/aromatic N) is 1. The molecule has 2 rings (SSSR count). The molecule has 146 valence electrons. The SMILES string of the molecule is C[C@H](Nc1ccc([N+](=O)[O-])c(S(C)(=O)=O)c1)c1ccc(OC(F)(F)F)cc1. The van der Waals surface area contributed by atoms with E-state index in [0.717, 1.165) is 30.5 Å². The van der Waals surface area contributed by atoms with Crippen molar-refractivity contribution in [3.63, 3.8) is 0 Å². The Balaban J connectivity index is 2.23. The second kappa shape index (κ2) is 7.43. The lowest BCUT2D eigenvalue weighted by molar-refractivity contribution is -0.387. The Morgan fingerprint density at radius 1 is 1.15 bits per heavy atom. The van der Waals surface area contributed by atoms with Gasteiger partial charge < -0.3 is 10.1 Å². The van der Waals surface area contributed by atoms with Crippen molar-refractivity contribution in [1.82, 2.24) is 0 Å². The second-order valence-electron chi connectivity index (χ2n) is 5.69. The smallest absolute Gasteiger partial charge is 0.406 e. The summed E-state index contributed by atoms with van der Waals surface area (Å²) in [5, 5.41) is 13.9. The fraction of sp³-hybridized carbons (Fsp3) is 0.250. The van der Waals surface area contributed by atoms with E-state index in [1.54, 1.807) is 6.92 Å². The molecule has 7 nitrogen and oxygen atoms in total. The maximum absolute atomic E-state index is 12.2. The monoisotopic (exact) mass is 404 g/mol. The van der Waals surface area contributed by atoms with Gasteiger partial charge in [-0.2, -0.15) is 0 Å². The summed E-state index contributed by atoms with van der Waals surface area (Å²) in [6.07, 6.45) is -3.92. The number of alkyl halides is 3. The third-order valence-corrected chi connectivity index (χ3v) is 4.68. The Bertz CT molecular complexity index is 944. The topological polar surface area (TPSA) is 98.5 Å². The first kappa shape index (κ1) is 20.5. The van der Waals surface area contributed by atoms with Gasteiger partial charge in [0.05, 0.1) is 4.92 Å². The van der Waals surface area contributed by atoms with Crippen molar-refractivity contribution < 1.29 is 31.2 Å². The van der Waals surface area contributed by atoms with E-state index in [0.29, 0.717) is 11.3 Å². The van der Waals surface area contributed by atoms with E-state index < -0.39 is 37.7 Å². The third kappa shape index (κ3) is 5.58.